The molecule has 0 bridgehead atoms. The molecule has 0 atom stereocenters. The predicted octanol–water partition coefficient (Wildman–Crippen LogP) is 2.30. The van der Waals surface area contributed by atoms with Crippen LogP contribution in [0.5, 0.6) is 0 Å². The number of carbonyl (C=O) groups is 1. The summed E-state index contributed by atoms with van der Waals surface area (Å²) in [5.41, 5.74) is 0.241. The van der Waals surface area contributed by atoms with Gasteiger partial charge in [0, 0.05) is 13.1 Å². The summed E-state index contributed by atoms with van der Waals surface area (Å²) in [6, 6.07) is 1.19. The van der Waals surface area contributed by atoms with Crippen molar-refractivity contribution in [1.82, 2.24) is 5.06 Å². The van der Waals surface area contributed by atoms with Gasteiger partial charge in [-0.2, -0.15) is 0 Å². The van der Waals surface area contributed by atoms with Crippen LogP contribution in [-0.2, 0) is 4.84 Å². The van der Waals surface area contributed by atoms with Gasteiger partial charge in [0.2, 0.25) is 0 Å². The zero-order valence-electron chi connectivity index (χ0n) is 9.17. The van der Waals surface area contributed by atoms with Gasteiger partial charge in [0.15, 0.2) is 0 Å². The van der Waals surface area contributed by atoms with Crippen molar-refractivity contribution < 1.29 is 18.4 Å². The van der Waals surface area contributed by atoms with E-state index < -0.39 is 17.7 Å². The Balaban J connectivity index is 2.93. The molecule has 0 radical (unpaired) electrons. The summed E-state index contributed by atoms with van der Waals surface area (Å²) < 4.78 is 26.1. The number of nitrogens with zero attached hydrogens (tertiary/aromatic N) is 1. The third kappa shape index (κ3) is 2.66. The van der Waals surface area contributed by atoms with E-state index in [-0.39, 0.29) is 5.69 Å². The molecule has 0 heterocycles. The lowest BCUT2D eigenvalue weighted by atomic mass is 10.2. The molecular formula is C10H12F2N2O2. The fourth-order valence-corrected chi connectivity index (χ4v) is 1.13. The molecule has 0 aliphatic carbocycles. The minimum absolute atomic E-state index is 0.0599. The largest absolute Gasteiger partial charge is 0.345 e. The molecule has 1 rings (SSSR count). The van der Waals surface area contributed by atoms with Crippen LogP contribution in [0.4, 0.5) is 19.3 Å². The molecule has 0 unspecified atom stereocenters. The van der Waals surface area contributed by atoms with E-state index in [1.165, 1.54) is 21.1 Å². The minimum Gasteiger partial charge on any atom is -0.303 e. The highest BCUT2D eigenvalue weighted by atomic mass is 19.1. The van der Waals surface area contributed by atoms with Crippen LogP contribution in [0.15, 0.2) is 12.1 Å². The minimum atomic E-state index is -0.824. The van der Waals surface area contributed by atoms with Gasteiger partial charge < -0.3 is 5.32 Å². The molecule has 16 heavy (non-hydrogen) atoms. The molecule has 1 aromatic carbocycles. The molecule has 2 amide bonds. The first-order chi connectivity index (χ1) is 7.45. The maximum Gasteiger partial charge on any atom is 0.345 e. The topological polar surface area (TPSA) is 41.6 Å². The first-order valence-electron chi connectivity index (χ1n) is 4.50. The molecule has 6 heteroatoms. The highest BCUT2D eigenvalue weighted by Crippen LogP contribution is 2.21. The van der Waals surface area contributed by atoms with Gasteiger partial charge in [-0.05, 0) is 18.6 Å². The van der Waals surface area contributed by atoms with E-state index in [1.54, 1.807) is 0 Å². The molecule has 0 aliphatic heterocycles. The predicted molar refractivity (Wildman–Crippen MR) is 54.9 cm³/mol. The number of anilines is 1. The zero-order valence-corrected chi connectivity index (χ0v) is 9.17. The summed E-state index contributed by atoms with van der Waals surface area (Å²) in [6.07, 6.45) is 0. The Bertz CT molecular complexity index is 387. The van der Waals surface area contributed by atoms with E-state index in [4.69, 9.17) is 0 Å². The number of aryl methyl sites for hydroxylation is 1. The maximum absolute atomic E-state index is 13.3. The lowest BCUT2D eigenvalue weighted by molar-refractivity contribution is -0.0598. The fraction of sp³-hybridized carbons (Fsp3) is 0.300. The number of urea groups is 1. The van der Waals surface area contributed by atoms with Crippen LogP contribution >= 0.6 is 0 Å². The van der Waals surface area contributed by atoms with Crippen molar-refractivity contribution in [3.8, 4) is 0 Å². The second-order valence-corrected chi connectivity index (χ2v) is 3.19. The van der Waals surface area contributed by atoms with E-state index in [1.807, 2.05) is 0 Å². The van der Waals surface area contributed by atoms with E-state index in [2.05, 4.69) is 10.2 Å². The summed E-state index contributed by atoms with van der Waals surface area (Å²) >= 11 is 0. The smallest absolute Gasteiger partial charge is 0.303 e. The van der Waals surface area contributed by atoms with Crippen molar-refractivity contribution in [2.24, 2.45) is 0 Å². The molecular weight excluding hydrogens is 218 g/mol. The number of halogens is 2. The molecule has 4 nitrogen and oxygen atoms in total. The number of rotatable bonds is 2. The van der Waals surface area contributed by atoms with Crippen LogP contribution in [-0.4, -0.2) is 25.3 Å². The Morgan fingerprint density at radius 1 is 1.44 bits per heavy atom. The summed E-state index contributed by atoms with van der Waals surface area (Å²) in [4.78, 5) is 16.0. The summed E-state index contributed by atoms with van der Waals surface area (Å²) in [5, 5.41) is 3.17. The van der Waals surface area contributed by atoms with Gasteiger partial charge >= 0.3 is 6.03 Å². The van der Waals surface area contributed by atoms with E-state index in [9.17, 15) is 13.6 Å². The van der Waals surface area contributed by atoms with Crippen LogP contribution < -0.4 is 5.32 Å². The van der Waals surface area contributed by atoms with Gasteiger partial charge in [0.25, 0.3) is 0 Å². The van der Waals surface area contributed by atoms with Gasteiger partial charge in [-0.25, -0.2) is 18.6 Å². The van der Waals surface area contributed by atoms with Crippen molar-refractivity contribution >= 4 is 11.7 Å². The fourth-order valence-electron chi connectivity index (χ4n) is 1.13. The standard InChI is InChI=1S/C10H12F2N2O2/c1-6-4-7(11)5-8(12)9(6)13-10(15)14(2)16-3/h4-5H,1-3H3,(H,13,15). The quantitative estimate of drug-likeness (QED) is 0.792. The van der Waals surface area contributed by atoms with Crippen LogP contribution in [0.1, 0.15) is 5.56 Å². The third-order valence-electron chi connectivity index (χ3n) is 2.04. The number of nitrogens with one attached hydrogen (secondary N) is 1. The van der Waals surface area contributed by atoms with E-state index >= 15 is 0 Å². The van der Waals surface area contributed by atoms with Crippen LogP contribution in [0.3, 0.4) is 0 Å². The number of hydrogen-bond donors (Lipinski definition) is 1. The van der Waals surface area contributed by atoms with Gasteiger partial charge in [0.05, 0.1) is 12.8 Å². The van der Waals surface area contributed by atoms with Gasteiger partial charge in [-0.1, -0.05) is 0 Å². The Morgan fingerprint density at radius 2 is 2.06 bits per heavy atom. The highest BCUT2D eigenvalue weighted by Gasteiger charge is 2.14. The highest BCUT2D eigenvalue weighted by molar-refractivity contribution is 5.89. The second-order valence-electron chi connectivity index (χ2n) is 3.19. The van der Waals surface area contributed by atoms with Gasteiger partial charge in [-0.3, -0.25) is 4.84 Å². The number of amides is 2. The molecule has 88 valence electrons. The Kier molecular flexibility index (Phi) is 3.78. The average molecular weight is 230 g/mol. The number of carbonyl (C=O) groups excluding carboxylic acids is 1. The van der Waals surface area contributed by atoms with Gasteiger partial charge in [0.1, 0.15) is 11.6 Å². The first kappa shape index (κ1) is 12.4. The molecule has 0 aliphatic rings. The van der Waals surface area contributed by atoms with E-state index in [0.717, 1.165) is 11.1 Å². The molecule has 1 N–H and O–H groups in total. The molecule has 0 fully saturated rings. The SMILES string of the molecule is CON(C)C(=O)Nc1c(C)cc(F)cc1F. The van der Waals surface area contributed by atoms with Crippen LogP contribution in [0, 0.1) is 18.6 Å². The van der Waals surface area contributed by atoms with E-state index in [0.29, 0.717) is 11.6 Å². The van der Waals surface area contributed by atoms with Crippen molar-refractivity contribution in [1.29, 1.82) is 0 Å². The summed E-state index contributed by atoms with van der Waals surface area (Å²) in [7, 11) is 2.67. The van der Waals surface area contributed by atoms with Gasteiger partial charge in [-0.15, -0.1) is 0 Å². The Labute approximate surface area is 91.8 Å². The van der Waals surface area contributed by atoms with Crippen molar-refractivity contribution in [3.05, 3.63) is 29.3 Å². The normalized spacial score (nSPS) is 10.1. The number of benzene rings is 1. The average Bonchev–Trinajstić information content (AvgIpc) is 2.21. The van der Waals surface area contributed by atoms with Crippen LogP contribution in [0.2, 0.25) is 0 Å². The van der Waals surface area contributed by atoms with Crippen molar-refractivity contribution in [2.45, 2.75) is 6.92 Å². The molecule has 0 aromatic heterocycles. The third-order valence-corrected chi connectivity index (χ3v) is 2.04. The molecule has 1 aromatic rings. The lowest BCUT2D eigenvalue weighted by Crippen LogP contribution is -2.30. The molecule has 0 spiro atoms. The van der Waals surface area contributed by atoms with Crippen molar-refractivity contribution in [2.75, 3.05) is 19.5 Å². The summed E-state index contributed by atoms with van der Waals surface area (Å²) in [5.74, 6) is -1.51. The monoisotopic (exact) mass is 230 g/mol. The number of hydroxylamine groups is 2. The molecule has 0 saturated heterocycles. The lowest BCUT2D eigenvalue weighted by Gasteiger charge is -2.16. The Morgan fingerprint density at radius 3 is 2.56 bits per heavy atom. The van der Waals surface area contributed by atoms with Crippen LogP contribution in [0.25, 0.3) is 0 Å². The van der Waals surface area contributed by atoms with Crippen molar-refractivity contribution in [3.63, 3.8) is 0 Å². The number of hydrogen-bond acceptors (Lipinski definition) is 2. The Hall–Kier alpha value is -1.69. The molecule has 0 saturated carbocycles. The second kappa shape index (κ2) is 4.89. The maximum atomic E-state index is 13.3. The first-order valence-corrected chi connectivity index (χ1v) is 4.50. The zero-order chi connectivity index (χ0) is 12.3. The summed E-state index contributed by atoms with van der Waals surface area (Å²) in [6.45, 7) is 1.49.